The zero-order valence-corrected chi connectivity index (χ0v) is 12.4. The Hall–Kier alpha value is -2.60. The van der Waals surface area contributed by atoms with Gasteiger partial charge in [-0.2, -0.15) is 4.98 Å². The second kappa shape index (κ2) is 6.03. The highest BCUT2D eigenvalue weighted by molar-refractivity contribution is 6.32. The smallest absolute Gasteiger partial charge is 0.247 e. The number of ether oxygens (including phenoxy) is 1. The molecule has 0 saturated heterocycles. The van der Waals surface area contributed by atoms with Gasteiger partial charge in [0.15, 0.2) is 0 Å². The van der Waals surface area contributed by atoms with Gasteiger partial charge >= 0.3 is 0 Å². The number of aromatic amines is 1. The third kappa shape index (κ3) is 3.01. The molecule has 0 unspecified atom stereocenters. The number of nitrogens with one attached hydrogen (secondary N) is 1. The molecular weight excluding hydrogens is 306 g/mol. The van der Waals surface area contributed by atoms with Gasteiger partial charge in [-0.1, -0.05) is 22.8 Å². The van der Waals surface area contributed by atoms with Crippen LogP contribution in [0.15, 0.2) is 45.8 Å². The topological polar surface area (TPSA) is 81.0 Å². The molecule has 22 heavy (non-hydrogen) atoms. The van der Waals surface area contributed by atoms with E-state index in [1.165, 1.54) is 6.07 Å². The number of hydrogen-bond acceptors (Lipinski definition) is 5. The lowest BCUT2D eigenvalue weighted by Gasteiger charge is -2.04. The molecule has 0 aliphatic rings. The van der Waals surface area contributed by atoms with Crippen LogP contribution in [-0.2, 0) is 6.42 Å². The molecule has 1 N–H and O–H groups in total. The average Bonchev–Trinajstić information content (AvgIpc) is 2.97. The lowest BCUT2D eigenvalue weighted by molar-refractivity contribution is 0.385. The minimum atomic E-state index is -0.180. The molecule has 0 aliphatic carbocycles. The van der Waals surface area contributed by atoms with E-state index >= 15 is 0 Å². The van der Waals surface area contributed by atoms with E-state index in [0.717, 1.165) is 5.56 Å². The highest BCUT2D eigenvalue weighted by Crippen LogP contribution is 2.26. The summed E-state index contributed by atoms with van der Waals surface area (Å²) in [6, 6.07) is 8.52. The fourth-order valence-electron chi connectivity index (χ4n) is 1.99. The van der Waals surface area contributed by atoms with Crippen molar-refractivity contribution in [3.8, 4) is 17.1 Å². The molecule has 3 rings (SSSR count). The molecule has 0 aliphatic heterocycles. The highest BCUT2D eigenvalue weighted by atomic mass is 35.5. The van der Waals surface area contributed by atoms with E-state index < -0.39 is 0 Å². The third-order valence-corrected chi connectivity index (χ3v) is 3.38. The van der Waals surface area contributed by atoms with E-state index in [4.69, 9.17) is 20.9 Å². The minimum absolute atomic E-state index is 0.180. The predicted molar refractivity (Wildman–Crippen MR) is 81.2 cm³/mol. The number of nitrogens with zero attached hydrogens (tertiary/aromatic N) is 2. The Morgan fingerprint density at radius 1 is 1.32 bits per heavy atom. The van der Waals surface area contributed by atoms with Gasteiger partial charge in [0.05, 0.1) is 18.6 Å². The van der Waals surface area contributed by atoms with E-state index in [2.05, 4.69) is 15.1 Å². The maximum Gasteiger partial charge on any atom is 0.247 e. The van der Waals surface area contributed by atoms with Crippen molar-refractivity contribution in [3.05, 3.63) is 63.4 Å². The van der Waals surface area contributed by atoms with Gasteiger partial charge in [0.25, 0.3) is 0 Å². The second-order valence-electron chi connectivity index (χ2n) is 4.60. The Bertz CT molecular complexity index is 837. The van der Waals surface area contributed by atoms with Crippen LogP contribution in [0, 0.1) is 0 Å². The first-order valence-electron chi connectivity index (χ1n) is 6.50. The van der Waals surface area contributed by atoms with Crippen molar-refractivity contribution >= 4 is 11.6 Å². The Morgan fingerprint density at radius 3 is 2.86 bits per heavy atom. The van der Waals surface area contributed by atoms with Crippen molar-refractivity contribution in [2.45, 2.75) is 6.42 Å². The SMILES string of the molecule is COc1ccc(Cc2nc(-c3ccc(=O)[nH]c3)no2)cc1Cl. The predicted octanol–water partition coefficient (Wildman–Crippen LogP) is 2.68. The summed E-state index contributed by atoms with van der Waals surface area (Å²) in [5, 5.41) is 4.43. The summed E-state index contributed by atoms with van der Waals surface area (Å²) in [4.78, 5) is 17.9. The van der Waals surface area contributed by atoms with E-state index in [0.29, 0.717) is 34.5 Å². The molecular formula is C15H12ClN3O3. The number of benzene rings is 1. The van der Waals surface area contributed by atoms with Gasteiger partial charge in [-0.15, -0.1) is 0 Å². The summed E-state index contributed by atoms with van der Waals surface area (Å²) in [6.07, 6.45) is 2.00. The van der Waals surface area contributed by atoms with Crippen molar-refractivity contribution in [1.82, 2.24) is 15.1 Å². The molecule has 112 valence electrons. The summed E-state index contributed by atoms with van der Waals surface area (Å²) in [5.74, 6) is 1.50. The zero-order chi connectivity index (χ0) is 15.5. The maximum absolute atomic E-state index is 11.0. The van der Waals surface area contributed by atoms with Crippen LogP contribution in [0.25, 0.3) is 11.4 Å². The van der Waals surface area contributed by atoms with Gasteiger partial charge < -0.3 is 14.2 Å². The third-order valence-electron chi connectivity index (χ3n) is 3.08. The fraction of sp³-hybridized carbons (Fsp3) is 0.133. The summed E-state index contributed by atoms with van der Waals surface area (Å²) < 4.78 is 10.3. The lowest BCUT2D eigenvalue weighted by atomic mass is 10.1. The molecule has 7 heteroatoms. The van der Waals surface area contributed by atoms with Crippen LogP contribution >= 0.6 is 11.6 Å². The fourth-order valence-corrected chi connectivity index (χ4v) is 2.27. The van der Waals surface area contributed by atoms with Gasteiger partial charge in [-0.05, 0) is 23.8 Å². The molecule has 0 bridgehead atoms. The van der Waals surface area contributed by atoms with Gasteiger partial charge in [0.2, 0.25) is 17.3 Å². The molecule has 0 atom stereocenters. The number of methoxy groups -OCH3 is 1. The Morgan fingerprint density at radius 2 is 2.18 bits per heavy atom. The molecule has 0 spiro atoms. The lowest BCUT2D eigenvalue weighted by Crippen LogP contribution is -2.01. The maximum atomic E-state index is 11.0. The first-order valence-corrected chi connectivity index (χ1v) is 6.87. The van der Waals surface area contributed by atoms with Crippen molar-refractivity contribution in [2.75, 3.05) is 7.11 Å². The van der Waals surface area contributed by atoms with Crippen LogP contribution < -0.4 is 10.3 Å². The molecule has 0 saturated carbocycles. The summed E-state index contributed by atoms with van der Waals surface area (Å²) >= 11 is 6.09. The number of hydrogen-bond donors (Lipinski definition) is 1. The van der Waals surface area contributed by atoms with Crippen LogP contribution in [0.1, 0.15) is 11.5 Å². The van der Waals surface area contributed by atoms with Crippen LogP contribution in [0.2, 0.25) is 5.02 Å². The van der Waals surface area contributed by atoms with Gasteiger partial charge in [-0.25, -0.2) is 0 Å². The highest BCUT2D eigenvalue weighted by Gasteiger charge is 2.10. The van der Waals surface area contributed by atoms with Crippen LogP contribution in [0.3, 0.4) is 0 Å². The standard InChI is InChI=1S/C15H12ClN3O3/c1-21-12-4-2-9(6-11(12)16)7-14-18-15(19-22-14)10-3-5-13(20)17-8-10/h2-6,8H,7H2,1H3,(H,17,20). The summed E-state index contributed by atoms with van der Waals surface area (Å²) in [7, 11) is 1.56. The minimum Gasteiger partial charge on any atom is -0.495 e. The molecule has 6 nitrogen and oxygen atoms in total. The van der Waals surface area contributed by atoms with Crippen molar-refractivity contribution in [3.63, 3.8) is 0 Å². The van der Waals surface area contributed by atoms with Gasteiger partial charge in [0, 0.05) is 17.8 Å². The van der Waals surface area contributed by atoms with Crippen molar-refractivity contribution in [2.24, 2.45) is 0 Å². The molecule has 1 aromatic carbocycles. The number of aromatic nitrogens is 3. The molecule has 0 radical (unpaired) electrons. The first kappa shape index (κ1) is 14.3. The van der Waals surface area contributed by atoms with Crippen LogP contribution in [-0.4, -0.2) is 22.2 Å². The summed E-state index contributed by atoms with van der Waals surface area (Å²) in [6.45, 7) is 0. The molecule has 2 heterocycles. The Kier molecular flexibility index (Phi) is 3.93. The number of H-pyrrole nitrogens is 1. The molecule has 0 amide bonds. The van der Waals surface area contributed by atoms with E-state index in [-0.39, 0.29) is 5.56 Å². The van der Waals surface area contributed by atoms with Crippen molar-refractivity contribution in [1.29, 1.82) is 0 Å². The van der Waals surface area contributed by atoms with Gasteiger partial charge in [0.1, 0.15) is 5.75 Å². The normalized spacial score (nSPS) is 10.6. The molecule has 2 aromatic heterocycles. The second-order valence-corrected chi connectivity index (χ2v) is 5.01. The Balaban J connectivity index is 1.81. The van der Waals surface area contributed by atoms with Gasteiger partial charge in [-0.3, -0.25) is 4.79 Å². The van der Waals surface area contributed by atoms with Crippen LogP contribution in [0.4, 0.5) is 0 Å². The monoisotopic (exact) mass is 317 g/mol. The van der Waals surface area contributed by atoms with E-state index in [1.807, 2.05) is 6.07 Å². The van der Waals surface area contributed by atoms with Crippen molar-refractivity contribution < 1.29 is 9.26 Å². The number of pyridine rings is 1. The number of rotatable bonds is 4. The Labute approximate surface area is 130 Å². The quantitative estimate of drug-likeness (QED) is 0.800. The average molecular weight is 318 g/mol. The summed E-state index contributed by atoms with van der Waals surface area (Å²) in [5.41, 5.74) is 1.44. The molecule has 3 aromatic rings. The largest absolute Gasteiger partial charge is 0.495 e. The van der Waals surface area contributed by atoms with Crippen LogP contribution in [0.5, 0.6) is 5.75 Å². The van der Waals surface area contributed by atoms with E-state index in [1.54, 1.807) is 31.5 Å². The molecule has 0 fully saturated rings. The first-order chi connectivity index (χ1) is 10.7. The van der Waals surface area contributed by atoms with E-state index in [9.17, 15) is 4.79 Å². The zero-order valence-electron chi connectivity index (χ0n) is 11.7. The number of halogens is 1.